The summed E-state index contributed by atoms with van der Waals surface area (Å²) in [6.45, 7) is 7.71. The number of aromatic nitrogens is 4. The first-order valence-corrected chi connectivity index (χ1v) is 15.6. The molecule has 0 bridgehead atoms. The van der Waals surface area contributed by atoms with Gasteiger partial charge < -0.3 is 29.6 Å². The molecule has 0 atom stereocenters. The van der Waals surface area contributed by atoms with Crippen LogP contribution in [0, 0.1) is 5.92 Å². The number of alkyl halides is 2. The summed E-state index contributed by atoms with van der Waals surface area (Å²) in [5.74, 6) is 0.0178. The molecule has 13 nitrogen and oxygen atoms in total. The van der Waals surface area contributed by atoms with Crippen LogP contribution in [0.5, 0.6) is 0 Å². The minimum atomic E-state index is -2.95. The fraction of sp³-hybridized carbons (Fsp3) is 0.424. The summed E-state index contributed by atoms with van der Waals surface area (Å²) in [5.41, 5.74) is 0.327. The molecule has 15 heteroatoms. The van der Waals surface area contributed by atoms with E-state index < -0.39 is 29.7 Å². The molecule has 4 aromatic rings. The zero-order valence-corrected chi connectivity index (χ0v) is 27.0. The van der Waals surface area contributed by atoms with Crippen LogP contribution in [0.1, 0.15) is 61.8 Å². The van der Waals surface area contributed by atoms with Crippen LogP contribution < -0.4 is 15.5 Å². The number of carbonyl (C=O) groups is 2. The number of halogens is 2. The molecule has 3 heterocycles. The normalized spacial score (nSPS) is 13.1. The summed E-state index contributed by atoms with van der Waals surface area (Å²) in [5, 5.41) is 18.4. The molecule has 48 heavy (non-hydrogen) atoms. The number of nitrogens with one attached hydrogen (secondary N) is 2. The molecule has 1 aliphatic rings. The van der Waals surface area contributed by atoms with Gasteiger partial charge in [0.2, 0.25) is 5.89 Å². The van der Waals surface area contributed by atoms with Crippen LogP contribution in [0.3, 0.4) is 0 Å². The summed E-state index contributed by atoms with van der Waals surface area (Å²) < 4.78 is 45.5. The lowest BCUT2D eigenvalue weighted by atomic mass is 10.2. The molecule has 1 aromatic carbocycles. The predicted octanol–water partition coefficient (Wildman–Crippen LogP) is 5.36. The largest absolute Gasteiger partial charge is 0.444 e. The Labute approximate surface area is 276 Å². The molecule has 0 aliphatic heterocycles. The number of amides is 2. The van der Waals surface area contributed by atoms with Gasteiger partial charge in [0.25, 0.3) is 12.3 Å². The lowest BCUT2D eigenvalue weighted by Crippen LogP contribution is -2.38. The van der Waals surface area contributed by atoms with Gasteiger partial charge in [-0.25, -0.2) is 28.2 Å². The zero-order valence-electron chi connectivity index (χ0n) is 27.0. The van der Waals surface area contributed by atoms with Crippen molar-refractivity contribution in [3.05, 3.63) is 72.0 Å². The monoisotopic (exact) mass is 667 g/mol. The third-order valence-corrected chi connectivity index (χ3v) is 7.14. The van der Waals surface area contributed by atoms with Crippen LogP contribution in [0.15, 0.2) is 59.5 Å². The highest BCUT2D eigenvalue weighted by atomic mass is 19.3. The molecule has 3 N–H and O–H groups in total. The summed E-state index contributed by atoms with van der Waals surface area (Å²) in [7, 11) is 0. The van der Waals surface area contributed by atoms with E-state index >= 15 is 0 Å². The quantitative estimate of drug-likeness (QED) is 0.141. The molecule has 0 saturated heterocycles. The molecule has 1 aliphatic carbocycles. The number of aliphatic hydroxyl groups is 1. The predicted molar refractivity (Wildman–Crippen MR) is 172 cm³/mol. The van der Waals surface area contributed by atoms with E-state index in [0.29, 0.717) is 49.2 Å². The first-order valence-electron chi connectivity index (χ1n) is 15.6. The van der Waals surface area contributed by atoms with Gasteiger partial charge in [0.15, 0.2) is 11.4 Å². The number of rotatable bonds is 15. The van der Waals surface area contributed by atoms with Crippen LogP contribution in [0.25, 0.3) is 17.1 Å². The van der Waals surface area contributed by atoms with Crippen LogP contribution in [-0.4, -0.2) is 75.4 Å². The summed E-state index contributed by atoms with van der Waals surface area (Å²) >= 11 is 0. The lowest BCUT2D eigenvalue weighted by Gasteiger charge is -2.27. The topological polar surface area (TPSA) is 157 Å². The van der Waals surface area contributed by atoms with Gasteiger partial charge in [0.05, 0.1) is 37.4 Å². The van der Waals surface area contributed by atoms with E-state index in [1.54, 1.807) is 45.0 Å². The van der Waals surface area contributed by atoms with E-state index in [4.69, 9.17) is 19.0 Å². The Hall–Kier alpha value is -4.73. The molecule has 5 rings (SSSR count). The number of nitrogens with zero attached hydrogens (tertiary/aromatic N) is 5. The van der Waals surface area contributed by atoms with Gasteiger partial charge in [0, 0.05) is 31.4 Å². The minimum absolute atomic E-state index is 0.0268. The molecule has 0 unspecified atom stereocenters. The van der Waals surface area contributed by atoms with Gasteiger partial charge in [-0.3, -0.25) is 9.69 Å². The molecule has 3 aromatic heterocycles. The van der Waals surface area contributed by atoms with Gasteiger partial charge in [-0.1, -0.05) is 12.1 Å². The third kappa shape index (κ3) is 9.42. The van der Waals surface area contributed by atoms with Gasteiger partial charge in [-0.15, -0.1) is 0 Å². The van der Waals surface area contributed by atoms with Gasteiger partial charge in [-0.05, 0) is 69.4 Å². The summed E-state index contributed by atoms with van der Waals surface area (Å²) in [4.78, 5) is 36.2. The number of hydrogen-bond donors (Lipinski definition) is 3. The molecule has 0 radical (unpaired) electrons. The average Bonchev–Trinajstić information content (AvgIpc) is 3.55. The first kappa shape index (κ1) is 34.6. The maximum Gasteiger partial charge on any atom is 0.416 e. The molecule has 256 valence electrons. The first-order chi connectivity index (χ1) is 23.0. The highest BCUT2D eigenvalue weighted by Gasteiger charge is 2.31. The maximum atomic E-state index is 13.9. The zero-order chi connectivity index (χ0) is 34.3. The Kier molecular flexibility index (Phi) is 11.1. The standard InChI is InChI=1S/C33H39F2N7O6/c1-33(2,3)48-32(45)41(18-22-4-5-22)27-16-23(10-11-37-27)31-39-26(20-47-31)30(44)38-25-19-42(40-28(25)29(34)35)24-8-6-21(7-9-24)17-36-12-14-46-15-13-43/h6-11,16,19-20,22,29,36,43H,4-5,12-15,17-18H2,1-3H3,(H,38,44). The van der Waals surface area contributed by atoms with Crippen molar-refractivity contribution in [2.24, 2.45) is 5.92 Å². The number of aliphatic hydroxyl groups excluding tert-OH is 1. The summed E-state index contributed by atoms with van der Waals surface area (Å²) in [6.07, 6.45) is 2.48. The Morgan fingerprint density at radius 2 is 1.94 bits per heavy atom. The third-order valence-electron chi connectivity index (χ3n) is 7.14. The number of oxazole rings is 1. The second-order valence-corrected chi connectivity index (χ2v) is 12.3. The van der Waals surface area contributed by atoms with E-state index in [1.165, 1.54) is 22.0 Å². The second-order valence-electron chi connectivity index (χ2n) is 12.3. The molecule has 0 spiro atoms. The fourth-order valence-corrected chi connectivity index (χ4v) is 4.62. The molecule has 1 fully saturated rings. The fourth-order valence-electron chi connectivity index (χ4n) is 4.62. The van der Waals surface area contributed by atoms with Crippen LogP contribution in [0.2, 0.25) is 0 Å². The number of anilines is 2. The van der Waals surface area contributed by atoms with Crippen molar-refractivity contribution in [1.29, 1.82) is 0 Å². The highest BCUT2D eigenvalue weighted by Crippen LogP contribution is 2.33. The smallest absolute Gasteiger partial charge is 0.416 e. The van der Waals surface area contributed by atoms with E-state index in [-0.39, 0.29) is 30.5 Å². The van der Waals surface area contributed by atoms with Crippen LogP contribution >= 0.6 is 0 Å². The highest BCUT2D eigenvalue weighted by molar-refractivity contribution is 6.03. The summed E-state index contributed by atoms with van der Waals surface area (Å²) in [6, 6.07) is 10.4. The molecule has 1 saturated carbocycles. The Morgan fingerprint density at radius 1 is 1.17 bits per heavy atom. The Bertz CT molecular complexity index is 1680. The molecular weight excluding hydrogens is 628 g/mol. The van der Waals surface area contributed by atoms with Crippen molar-refractivity contribution >= 4 is 23.5 Å². The van der Waals surface area contributed by atoms with Gasteiger partial charge in [-0.2, -0.15) is 5.10 Å². The number of hydrogen-bond acceptors (Lipinski definition) is 10. The van der Waals surface area contributed by atoms with Crippen molar-refractivity contribution < 1.29 is 37.4 Å². The van der Waals surface area contributed by atoms with Crippen LogP contribution in [0.4, 0.5) is 25.1 Å². The van der Waals surface area contributed by atoms with E-state index in [2.05, 4.69) is 25.7 Å². The van der Waals surface area contributed by atoms with E-state index in [9.17, 15) is 18.4 Å². The van der Waals surface area contributed by atoms with Crippen LogP contribution in [-0.2, 0) is 16.0 Å². The SMILES string of the molecule is CC(C)(C)OC(=O)N(CC1CC1)c1cc(-c2nc(C(=O)Nc3cn(-c4ccc(CNCCOCCO)cc4)nc3C(F)F)co2)ccn1. The number of pyridine rings is 1. The number of carbonyl (C=O) groups excluding carboxylic acids is 2. The second kappa shape index (κ2) is 15.4. The molecular formula is C33H39F2N7O6. The lowest BCUT2D eigenvalue weighted by molar-refractivity contribution is 0.0577. The minimum Gasteiger partial charge on any atom is -0.444 e. The van der Waals surface area contributed by atoms with E-state index in [0.717, 1.165) is 24.7 Å². The average molecular weight is 668 g/mol. The van der Waals surface area contributed by atoms with Crippen molar-refractivity contribution in [2.75, 3.05) is 43.1 Å². The molecule has 2 amide bonds. The van der Waals surface area contributed by atoms with Gasteiger partial charge in [0.1, 0.15) is 17.7 Å². The van der Waals surface area contributed by atoms with E-state index in [1.807, 2.05) is 12.1 Å². The van der Waals surface area contributed by atoms with Crippen molar-refractivity contribution in [2.45, 2.75) is 52.2 Å². The Morgan fingerprint density at radius 3 is 2.62 bits per heavy atom. The number of benzene rings is 1. The number of ether oxygens (including phenoxy) is 2. The van der Waals surface area contributed by atoms with Gasteiger partial charge >= 0.3 is 6.09 Å². The Balaban J connectivity index is 1.26. The maximum absolute atomic E-state index is 13.9. The van der Waals surface area contributed by atoms with Crippen molar-refractivity contribution in [3.63, 3.8) is 0 Å². The van der Waals surface area contributed by atoms with Crippen molar-refractivity contribution in [3.8, 4) is 17.1 Å². The van der Waals surface area contributed by atoms with Crippen molar-refractivity contribution in [1.82, 2.24) is 25.1 Å².